The molecule has 0 fully saturated rings. The average molecular weight is 230 g/mol. The molecule has 0 aromatic carbocycles. The second-order valence-corrected chi connectivity index (χ2v) is 5.19. The molecule has 0 spiro atoms. The fourth-order valence-corrected chi connectivity index (χ4v) is 3.28. The van der Waals surface area contributed by atoms with Crippen LogP contribution in [-0.2, 0) is 0 Å². The van der Waals surface area contributed by atoms with Gasteiger partial charge in [-0.05, 0) is 23.6 Å². The van der Waals surface area contributed by atoms with Gasteiger partial charge >= 0.3 is 0 Å². The number of hydrogen-bond acceptors (Lipinski definition) is 3. The summed E-state index contributed by atoms with van der Waals surface area (Å²) in [7, 11) is 0. The molecule has 1 nitrogen and oxygen atoms in total. The van der Waals surface area contributed by atoms with E-state index in [-0.39, 0.29) is 0 Å². The Kier molecular flexibility index (Phi) is 2.14. The summed E-state index contributed by atoms with van der Waals surface area (Å²) in [5.41, 5.74) is 1.14. The molecule has 3 heteroatoms. The minimum atomic E-state index is 1.14. The monoisotopic (exact) mass is 230 g/mol. The predicted molar refractivity (Wildman–Crippen MR) is 66.6 cm³/mol. The third-order valence-electron chi connectivity index (χ3n) is 2.18. The molecule has 0 unspecified atom stereocenters. The maximum absolute atomic E-state index is 3.10. The largest absolute Gasteiger partial charge is 0.208 e. The first-order valence-corrected chi connectivity index (χ1v) is 6.32. The van der Waals surface area contributed by atoms with E-state index < -0.39 is 0 Å². The van der Waals surface area contributed by atoms with Crippen LogP contribution in [-0.4, -0.2) is 0 Å². The van der Waals surface area contributed by atoms with Crippen LogP contribution < -0.4 is 5.32 Å². The normalized spacial score (nSPS) is 13.5. The van der Waals surface area contributed by atoms with Crippen LogP contribution >= 0.6 is 22.7 Å². The molecule has 0 saturated heterocycles. The Hall–Kier alpha value is -1.41. The van der Waals surface area contributed by atoms with Crippen LogP contribution in [0.5, 0.6) is 0 Å². The van der Waals surface area contributed by atoms with E-state index in [1.807, 2.05) is 23.5 Å². The van der Waals surface area contributed by atoms with E-state index >= 15 is 0 Å². The molecule has 0 bridgehead atoms. The Labute approximate surface area is 96.4 Å². The zero-order valence-electron chi connectivity index (χ0n) is 7.86. The summed E-state index contributed by atoms with van der Waals surface area (Å²) in [6.07, 6.45) is 6.90. The molecule has 15 heavy (non-hydrogen) atoms. The number of hydrogen-bond donors (Lipinski definition) is 1. The maximum Gasteiger partial charge on any atom is 0.208 e. The van der Waals surface area contributed by atoms with Crippen molar-refractivity contribution in [2.24, 2.45) is 0 Å². The van der Waals surface area contributed by atoms with Crippen molar-refractivity contribution in [3.8, 4) is 9.75 Å². The number of nitrogens with one attached hydrogen (secondary N) is 1. The lowest BCUT2D eigenvalue weighted by Gasteiger charge is -1.89. The van der Waals surface area contributed by atoms with Gasteiger partial charge in [0.25, 0.3) is 0 Å². The van der Waals surface area contributed by atoms with Gasteiger partial charge in [-0.2, -0.15) is 5.32 Å². The van der Waals surface area contributed by atoms with Crippen LogP contribution in [0.15, 0.2) is 41.8 Å². The van der Waals surface area contributed by atoms with Gasteiger partial charge < -0.3 is 0 Å². The van der Waals surface area contributed by atoms with Crippen molar-refractivity contribution < 1.29 is 0 Å². The molecule has 0 radical (unpaired) electrons. The minimum Gasteiger partial charge on any atom is -0.196 e. The molecule has 2 aromatic heterocycles. The lowest BCUT2D eigenvalue weighted by Crippen LogP contribution is -1.97. The second kappa shape index (κ2) is 3.63. The second-order valence-electron chi connectivity index (χ2n) is 3.16. The SMILES string of the molecule is [C+]1=CC=C(c2ccc(-c3cccs3)s2)N1. The first kappa shape index (κ1) is 8.86. The quantitative estimate of drug-likeness (QED) is 0.775. The van der Waals surface area contributed by atoms with Gasteiger partial charge in [0.1, 0.15) is 23.2 Å². The van der Waals surface area contributed by atoms with Crippen LogP contribution in [0.3, 0.4) is 0 Å². The molecular weight excluding hydrogens is 222 g/mol. The van der Waals surface area contributed by atoms with Crippen LogP contribution in [0.1, 0.15) is 4.88 Å². The van der Waals surface area contributed by atoms with Gasteiger partial charge in [-0.15, -0.1) is 22.7 Å². The standard InChI is InChI=1S/C12H8NS2/c1-3-9(13-7-1)10-5-6-12(15-10)11-4-2-8-14-11/h1-6,8,13H/q+1. The van der Waals surface area contributed by atoms with Crippen LogP contribution in [0, 0.1) is 6.20 Å². The molecule has 1 N–H and O–H groups in total. The highest BCUT2D eigenvalue weighted by atomic mass is 32.1. The smallest absolute Gasteiger partial charge is 0.196 e. The van der Waals surface area contributed by atoms with E-state index in [0.717, 1.165) is 5.70 Å². The Bertz CT molecular complexity index is 518. The van der Waals surface area contributed by atoms with Crippen molar-refractivity contribution in [3.63, 3.8) is 0 Å². The predicted octanol–water partition coefficient (Wildman–Crippen LogP) is 3.74. The van der Waals surface area contributed by atoms with Gasteiger partial charge in [-0.1, -0.05) is 6.07 Å². The summed E-state index contributed by atoms with van der Waals surface area (Å²) >= 11 is 3.59. The first-order chi connectivity index (χ1) is 7.43. The van der Waals surface area contributed by atoms with E-state index in [4.69, 9.17) is 0 Å². The molecule has 0 saturated carbocycles. The Morgan fingerprint density at radius 1 is 1.07 bits per heavy atom. The van der Waals surface area contributed by atoms with E-state index in [0.29, 0.717) is 0 Å². The van der Waals surface area contributed by atoms with E-state index in [1.54, 1.807) is 11.3 Å². The highest BCUT2D eigenvalue weighted by Gasteiger charge is 2.15. The molecule has 0 aliphatic carbocycles. The molecule has 1 aliphatic heterocycles. The van der Waals surface area contributed by atoms with Crippen LogP contribution in [0.2, 0.25) is 0 Å². The Morgan fingerprint density at radius 2 is 2.00 bits per heavy atom. The summed E-state index contributed by atoms with van der Waals surface area (Å²) in [5.74, 6) is 0. The van der Waals surface area contributed by atoms with Gasteiger partial charge in [0.05, 0.1) is 0 Å². The van der Waals surface area contributed by atoms with Crippen molar-refractivity contribution in [3.05, 3.63) is 52.9 Å². The molecule has 0 amide bonds. The van der Waals surface area contributed by atoms with Crippen LogP contribution in [0.4, 0.5) is 0 Å². The lowest BCUT2D eigenvalue weighted by atomic mass is 10.3. The minimum absolute atomic E-state index is 1.14. The summed E-state index contributed by atoms with van der Waals surface area (Å²) in [4.78, 5) is 3.93. The van der Waals surface area contributed by atoms with Gasteiger partial charge in [-0.25, -0.2) is 0 Å². The molecule has 3 heterocycles. The zero-order chi connectivity index (χ0) is 10.1. The van der Waals surface area contributed by atoms with Crippen LogP contribution in [0.25, 0.3) is 15.5 Å². The first-order valence-electron chi connectivity index (χ1n) is 4.62. The Balaban J connectivity index is 1.94. The third-order valence-corrected chi connectivity index (χ3v) is 4.36. The van der Waals surface area contributed by atoms with Crippen molar-refractivity contribution in [1.82, 2.24) is 5.32 Å². The maximum atomic E-state index is 3.10. The Morgan fingerprint density at radius 3 is 2.73 bits per heavy atom. The molecule has 0 atom stereocenters. The van der Waals surface area contributed by atoms with Crippen molar-refractivity contribution in [2.75, 3.05) is 0 Å². The van der Waals surface area contributed by atoms with E-state index in [1.165, 1.54) is 14.6 Å². The molecule has 1 aliphatic rings. The van der Waals surface area contributed by atoms with Gasteiger partial charge in [0, 0.05) is 9.75 Å². The highest BCUT2D eigenvalue weighted by Crippen LogP contribution is 2.34. The van der Waals surface area contributed by atoms with Crippen molar-refractivity contribution in [1.29, 1.82) is 0 Å². The van der Waals surface area contributed by atoms with E-state index in [9.17, 15) is 0 Å². The molecule has 2 aromatic rings. The lowest BCUT2D eigenvalue weighted by molar-refractivity contribution is 1.22. The highest BCUT2D eigenvalue weighted by molar-refractivity contribution is 7.21. The third kappa shape index (κ3) is 1.61. The van der Waals surface area contributed by atoms with E-state index in [2.05, 4.69) is 41.2 Å². The zero-order valence-corrected chi connectivity index (χ0v) is 9.49. The topological polar surface area (TPSA) is 12.0 Å². The molecule has 3 rings (SSSR count). The van der Waals surface area contributed by atoms with Gasteiger partial charge in [0.15, 0.2) is 0 Å². The van der Waals surface area contributed by atoms with Crippen molar-refractivity contribution >= 4 is 28.4 Å². The summed E-state index contributed by atoms with van der Waals surface area (Å²) < 4.78 is 0. The molecular formula is C12H8NS2+. The summed E-state index contributed by atoms with van der Waals surface area (Å²) in [5, 5.41) is 5.21. The van der Waals surface area contributed by atoms with Gasteiger partial charge in [0.2, 0.25) is 5.70 Å². The van der Waals surface area contributed by atoms with Crippen molar-refractivity contribution in [2.45, 2.75) is 0 Å². The molecule has 72 valence electrons. The number of thiophene rings is 2. The number of rotatable bonds is 2. The average Bonchev–Trinajstić information content (AvgIpc) is 3.02. The fraction of sp³-hybridized carbons (Fsp3) is 0. The summed E-state index contributed by atoms with van der Waals surface area (Å²) in [6.45, 7) is 0. The fourth-order valence-electron chi connectivity index (χ4n) is 1.46. The summed E-state index contributed by atoms with van der Waals surface area (Å²) in [6, 6.07) is 8.56. The number of allylic oxidation sites excluding steroid dienone is 2. The van der Waals surface area contributed by atoms with Gasteiger partial charge in [-0.3, -0.25) is 0 Å².